The first-order valence-corrected chi connectivity index (χ1v) is 8.34. The van der Waals surface area contributed by atoms with Crippen LogP contribution in [-0.4, -0.2) is 26.1 Å². The molecule has 5 rings (SSSR count). The third-order valence-corrected chi connectivity index (χ3v) is 4.65. The maximum Gasteiger partial charge on any atom is 0.251 e. The molecule has 0 aliphatic rings. The minimum Gasteiger partial charge on any atom is -0.353 e. The smallest absolute Gasteiger partial charge is 0.251 e. The van der Waals surface area contributed by atoms with Gasteiger partial charge >= 0.3 is 0 Å². The van der Waals surface area contributed by atoms with Crippen molar-refractivity contribution < 1.29 is 4.79 Å². The minimum atomic E-state index is -0.0966. The number of hydrogen-bond donors (Lipinski definition) is 3. The summed E-state index contributed by atoms with van der Waals surface area (Å²) in [5.74, 6) is -0.0966. The quantitative estimate of drug-likeness (QED) is 0.469. The van der Waals surface area contributed by atoms with Crippen molar-refractivity contribution in [3.8, 4) is 0 Å². The molecule has 0 aliphatic carbocycles. The summed E-state index contributed by atoms with van der Waals surface area (Å²) < 4.78 is 0. The third-order valence-electron chi connectivity index (χ3n) is 4.65. The van der Waals surface area contributed by atoms with E-state index in [0.717, 1.165) is 38.3 Å². The summed E-state index contributed by atoms with van der Waals surface area (Å²) >= 11 is 0. The molecule has 0 radical (unpaired) electrons. The van der Waals surface area contributed by atoms with Crippen LogP contribution < -0.4 is 5.32 Å². The highest BCUT2D eigenvalue weighted by Gasteiger charge is 2.12. The topological polar surface area (TPSA) is 86.5 Å². The van der Waals surface area contributed by atoms with E-state index in [2.05, 4.69) is 31.5 Å². The number of carbonyl (C=O) groups is 1. The van der Waals surface area contributed by atoms with Crippen molar-refractivity contribution in [3.63, 3.8) is 0 Å². The van der Waals surface area contributed by atoms with Crippen LogP contribution in [0.1, 0.15) is 15.9 Å². The van der Waals surface area contributed by atoms with Gasteiger partial charge in [0.25, 0.3) is 5.91 Å². The van der Waals surface area contributed by atoms with E-state index in [1.54, 1.807) is 18.6 Å². The van der Waals surface area contributed by atoms with Gasteiger partial charge in [-0.1, -0.05) is 12.1 Å². The summed E-state index contributed by atoms with van der Waals surface area (Å²) in [6.45, 7) is 0.474. The van der Waals surface area contributed by atoms with Gasteiger partial charge in [0.1, 0.15) is 0 Å². The Morgan fingerprint density at radius 2 is 1.88 bits per heavy atom. The van der Waals surface area contributed by atoms with Gasteiger partial charge in [-0.3, -0.25) is 14.9 Å². The first kappa shape index (κ1) is 14.7. The molecule has 0 spiro atoms. The van der Waals surface area contributed by atoms with E-state index in [1.807, 2.05) is 36.4 Å². The number of rotatable bonds is 3. The van der Waals surface area contributed by atoms with E-state index in [0.29, 0.717) is 12.1 Å². The van der Waals surface area contributed by atoms with Gasteiger partial charge in [-0.05, 0) is 35.9 Å². The lowest BCUT2D eigenvalue weighted by Gasteiger charge is -2.05. The minimum absolute atomic E-state index is 0.0966. The van der Waals surface area contributed by atoms with Crippen LogP contribution in [0, 0.1) is 0 Å². The van der Waals surface area contributed by atoms with Crippen molar-refractivity contribution in [2.45, 2.75) is 6.54 Å². The Hall–Kier alpha value is -3.67. The number of hydrogen-bond acceptors (Lipinski definition) is 3. The molecule has 0 saturated heterocycles. The van der Waals surface area contributed by atoms with Crippen molar-refractivity contribution in [1.82, 2.24) is 25.5 Å². The van der Waals surface area contributed by atoms with Crippen LogP contribution in [0.2, 0.25) is 0 Å². The Morgan fingerprint density at radius 3 is 2.77 bits per heavy atom. The Balaban J connectivity index is 1.52. The highest BCUT2D eigenvalue weighted by molar-refractivity contribution is 6.16. The van der Waals surface area contributed by atoms with Gasteiger partial charge in [-0.25, -0.2) is 0 Å². The van der Waals surface area contributed by atoms with Crippen LogP contribution in [-0.2, 0) is 6.54 Å². The second-order valence-corrected chi connectivity index (χ2v) is 6.25. The second-order valence-electron chi connectivity index (χ2n) is 6.25. The zero-order chi connectivity index (χ0) is 17.5. The predicted molar refractivity (Wildman–Crippen MR) is 101 cm³/mol. The average molecular weight is 341 g/mol. The van der Waals surface area contributed by atoms with Crippen LogP contribution in [0.4, 0.5) is 0 Å². The summed E-state index contributed by atoms with van der Waals surface area (Å²) in [4.78, 5) is 19.9. The summed E-state index contributed by atoms with van der Waals surface area (Å²) in [7, 11) is 0. The number of aromatic nitrogens is 4. The van der Waals surface area contributed by atoms with Crippen molar-refractivity contribution in [2.24, 2.45) is 0 Å². The zero-order valence-electron chi connectivity index (χ0n) is 13.8. The van der Waals surface area contributed by atoms with Crippen LogP contribution >= 0.6 is 0 Å². The van der Waals surface area contributed by atoms with Gasteiger partial charge < -0.3 is 10.3 Å². The summed E-state index contributed by atoms with van der Waals surface area (Å²) in [6.07, 6.45) is 5.24. The number of H-pyrrole nitrogens is 2. The highest BCUT2D eigenvalue weighted by Crippen LogP contribution is 2.30. The molecule has 0 fully saturated rings. The highest BCUT2D eigenvalue weighted by atomic mass is 16.1. The molecule has 3 heterocycles. The number of amides is 1. The molecule has 0 atom stereocenters. The second kappa shape index (κ2) is 5.70. The van der Waals surface area contributed by atoms with Gasteiger partial charge in [0, 0.05) is 46.2 Å². The third kappa shape index (κ3) is 2.31. The first-order valence-electron chi connectivity index (χ1n) is 8.34. The molecule has 0 saturated carbocycles. The summed E-state index contributed by atoms with van der Waals surface area (Å²) in [6, 6.07) is 13.6. The molecule has 6 nitrogen and oxygen atoms in total. The summed E-state index contributed by atoms with van der Waals surface area (Å²) in [5.41, 5.74) is 4.62. The fourth-order valence-electron chi connectivity index (χ4n) is 3.30. The van der Waals surface area contributed by atoms with Crippen LogP contribution in [0.15, 0.2) is 61.1 Å². The molecule has 26 heavy (non-hydrogen) atoms. The zero-order valence-corrected chi connectivity index (χ0v) is 13.8. The number of carbonyl (C=O) groups excluding carboxylic acids is 1. The van der Waals surface area contributed by atoms with Crippen LogP contribution in [0.5, 0.6) is 0 Å². The molecule has 5 aromatic rings. The lowest BCUT2D eigenvalue weighted by Crippen LogP contribution is -2.22. The fourth-order valence-corrected chi connectivity index (χ4v) is 3.30. The van der Waals surface area contributed by atoms with Gasteiger partial charge in [0.2, 0.25) is 0 Å². The molecule has 126 valence electrons. The summed E-state index contributed by atoms with van der Waals surface area (Å²) in [5, 5.41) is 13.2. The number of aromatic amines is 2. The van der Waals surface area contributed by atoms with Crippen LogP contribution in [0.3, 0.4) is 0 Å². The van der Waals surface area contributed by atoms with Crippen molar-refractivity contribution >= 4 is 38.6 Å². The molecule has 3 N–H and O–H groups in total. The van der Waals surface area contributed by atoms with Crippen molar-refractivity contribution in [2.75, 3.05) is 0 Å². The molecule has 3 aromatic heterocycles. The molecule has 1 amide bonds. The number of nitrogens with one attached hydrogen (secondary N) is 3. The van der Waals surface area contributed by atoms with Crippen LogP contribution in [0.25, 0.3) is 32.7 Å². The maximum absolute atomic E-state index is 12.5. The number of nitrogens with zero attached hydrogens (tertiary/aromatic N) is 2. The molecule has 6 heteroatoms. The molecular weight excluding hydrogens is 326 g/mol. The standard InChI is InChI=1S/C20H15N5O/c26-20(22-10-12-5-7-21-8-6-12)13-2-4-17-16(9-13)15-3-1-14-11-23-25-18(14)19(15)24-17/h1-9,11,24H,10H2,(H,22,26)(H,23,25). The Kier molecular flexibility index (Phi) is 3.21. The van der Waals surface area contributed by atoms with E-state index in [9.17, 15) is 4.79 Å². The van der Waals surface area contributed by atoms with Crippen molar-refractivity contribution in [3.05, 3.63) is 72.2 Å². The van der Waals surface area contributed by atoms with E-state index in [4.69, 9.17) is 0 Å². The van der Waals surface area contributed by atoms with E-state index in [1.165, 1.54) is 0 Å². The predicted octanol–water partition coefficient (Wildman–Crippen LogP) is 3.52. The molecule has 0 unspecified atom stereocenters. The lowest BCUT2D eigenvalue weighted by atomic mass is 10.1. The van der Waals surface area contributed by atoms with Gasteiger partial charge in [0.05, 0.1) is 17.2 Å². The number of pyridine rings is 1. The SMILES string of the molecule is O=C(NCc1ccncc1)c1ccc2[nH]c3c(ccc4cn[nH]c43)c2c1. The molecular formula is C20H15N5O. The average Bonchev–Trinajstić information content (AvgIpc) is 3.30. The van der Waals surface area contributed by atoms with E-state index in [-0.39, 0.29) is 5.91 Å². The normalized spacial score (nSPS) is 11.4. The molecule has 0 bridgehead atoms. The van der Waals surface area contributed by atoms with Gasteiger partial charge in [-0.2, -0.15) is 5.10 Å². The Morgan fingerprint density at radius 1 is 1.00 bits per heavy atom. The number of benzene rings is 2. The molecule has 0 aliphatic heterocycles. The Bertz CT molecular complexity index is 1250. The fraction of sp³-hybridized carbons (Fsp3) is 0.0500. The van der Waals surface area contributed by atoms with E-state index >= 15 is 0 Å². The number of fused-ring (bicyclic) bond motifs is 5. The largest absolute Gasteiger partial charge is 0.353 e. The van der Waals surface area contributed by atoms with Crippen molar-refractivity contribution in [1.29, 1.82) is 0 Å². The van der Waals surface area contributed by atoms with E-state index < -0.39 is 0 Å². The van der Waals surface area contributed by atoms with Gasteiger partial charge in [0.15, 0.2) is 0 Å². The van der Waals surface area contributed by atoms with Gasteiger partial charge in [-0.15, -0.1) is 0 Å². The monoisotopic (exact) mass is 341 g/mol. The lowest BCUT2D eigenvalue weighted by molar-refractivity contribution is 0.0951. The Labute approximate surface area is 148 Å². The first-order chi connectivity index (χ1) is 12.8. The maximum atomic E-state index is 12.5. The molecule has 2 aromatic carbocycles.